The molecule has 25 heavy (non-hydrogen) atoms. The Balaban J connectivity index is 1.95. The van der Waals surface area contributed by atoms with Gasteiger partial charge < -0.3 is 5.32 Å². The number of fused-ring (bicyclic) bond motifs is 1. The largest absolute Gasteiger partial charge is 0.371 e. The fourth-order valence-electron chi connectivity index (χ4n) is 2.87. The molecule has 0 amide bonds. The number of aryl methyl sites for hydroxylation is 1. The van der Waals surface area contributed by atoms with Crippen LogP contribution in [0.25, 0.3) is 17.3 Å². The maximum atomic E-state index is 4.47. The topological polar surface area (TPSA) is 60.0 Å². The molecule has 6 heteroatoms. The summed E-state index contributed by atoms with van der Waals surface area (Å²) in [6.07, 6.45) is 8.78. The van der Waals surface area contributed by atoms with Crippen LogP contribution in [-0.2, 0) is 0 Å². The summed E-state index contributed by atoms with van der Waals surface area (Å²) in [7, 11) is 1.86. The van der Waals surface area contributed by atoms with Crippen LogP contribution in [0.3, 0.4) is 0 Å². The zero-order valence-electron chi connectivity index (χ0n) is 15.2. The summed E-state index contributed by atoms with van der Waals surface area (Å²) in [5.41, 5.74) is 4.00. The molecule has 0 radical (unpaired) electrons. The highest BCUT2D eigenvalue weighted by Gasteiger charge is 2.12. The maximum absolute atomic E-state index is 4.47. The number of aromatic nitrogens is 5. The van der Waals surface area contributed by atoms with E-state index in [-0.39, 0.29) is 0 Å². The van der Waals surface area contributed by atoms with Crippen molar-refractivity contribution in [2.75, 3.05) is 12.4 Å². The number of hydrogen-bond acceptors (Lipinski definition) is 4. The molecule has 0 aromatic carbocycles. The molecule has 3 aromatic rings. The third kappa shape index (κ3) is 3.20. The fourth-order valence-corrected chi connectivity index (χ4v) is 2.87. The minimum atomic E-state index is 0.461. The molecule has 0 aliphatic rings. The Morgan fingerprint density at radius 2 is 2.20 bits per heavy atom. The second-order valence-corrected chi connectivity index (χ2v) is 6.13. The van der Waals surface area contributed by atoms with Gasteiger partial charge in [0.25, 0.3) is 0 Å². The van der Waals surface area contributed by atoms with Crippen molar-refractivity contribution in [2.24, 2.45) is 0 Å². The molecule has 1 N–H and O–H groups in total. The van der Waals surface area contributed by atoms with Crippen molar-refractivity contribution in [1.82, 2.24) is 24.4 Å². The van der Waals surface area contributed by atoms with Gasteiger partial charge in [-0.15, -0.1) is 0 Å². The molecule has 3 rings (SSSR count). The number of nitrogens with zero attached hydrogens (tertiary/aromatic N) is 5. The van der Waals surface area contributed by atoms with Crippen LogP contribution >= 0.6 is 0 Å². The van der Waals surface area contributed by atoms with Gasteiger partial charge in [0, 0.05) is 36.9 Å². The van der Waals surface area contributed by atoms with Crippen LogP contribution in [0.1, 0.15) is 43.3 Å². The van der Waals surface area contributed by atoms with E-state index in [1.165, 1.54) is 5.69 Å². The van der Waals surface area contributed by atoms with Crippen LogP contribution in [0, 0.1) is 6.92 Å². The van der Waals surface area contributed by atoms with Gasteiger partial charge in [0.2, 0.25) is 0 Å². The standard InChI is InChI=1S/C19H24N6/c1-6-13(2)17-7-10-21-24(17)11-8-14(3)16-9-12-25-18(16)19(20-5)22-15(4)23-25/h7-13H,3,6H2,1-2,4-5H3,(H,20,22,23)/b11-8-/t13-/m1/s1. The normalized spacial score (nSPS) is 12.8. The van der Waals surface area contributed by atoms with Gasteiger partial charge in [-0.05, 0) is 43.0 Å². The van der Waals surface area contributed by atoms with Gasteiger partial charge in [-0.3, -0.25) is 0 Å². The van der Waals surface area contributed by atoms with E-state index in [9.17, 15) is 0 Å². The zero-order valence-corrected chi connectivity index (χ0v) is 15.2. The first-order valence-electron chi connectivity index (χ1n) is 8.49. The lowest BCUT2D eigenvalue weighted by atomic mass is 10.1. The van der Waals surface area contributed by atoms with Crippen LogP contribution in [0.5, 0.6) is 0 Å². The van der Waals surface area contributed by atoms with Crippen LogP contribution in [0.2, 0.25) is 0 Å². The van der Waals surface area contributed by atoms with Crippen LogP contribution in [0.4, 0.5) is 5.82 Å². The van der Waals surface area contributed by atoms with E-state index in [0.717, 1.165) is 34.7 Å². The molecule has 6 nitrogen and oxygen atoms in total. The number of anilines is 1. The Kier molecular flexibility index (Phi) is 4.70. The first-order chi connectivity index (χ1) is 12.0. The summed E-state index contributed by atoms with van der Waals surface area (Å²) < 4.78 is 3.75. The molecule has 0 fully saturated rings. The average molecular weight is 336 g/mol. The molecule has 1 atom stereocenters. The van der Waals surface area contributed by atoms with Crippen molar-refractivity contribution in [1.29, 1.82) is 0 Å². The molecule has 130 valence electrons. The van der Waals surface area contributed by atoms with Crippen molar-refractivity contribution in [3.05, 3.63) is 54.3 Å². The van der Waals surface area contributed by atoms with Gasteiger partial charge in [0.1, 0.15) is 11.3 Å². The lowest BCUT2D eigenvalue weighted by Gasteiger charge is -2.09. The molecular weight excluding hydrogens is 312 g/mol. The van der Waals surface area contributed by atoms with E-state index in [4.69, 9.17) is 0 Å². The molecule has 3 aromatic heterocycles. The highest BCUT2D eigenvalue weighted by molar-refractivity contribution is 5.89. The number of hydrogen-bond donors (Lipinski definition) is 1. The van der Waals surface area contributed by atoms with Crippen molar-refractivity contribution in [3.8, 4) is 0 Å². The van der Waals surface area contributed by atoms with Crippen LogP contribution in [0.15, 0.2) is 37.2 Å². The maximum Gasteiger partial charge on any atom is 0.154 e. The van der Waals surface area contributed by atoms with Crippen molar-refractivity contribution in [2.45, 2.75) is 33.1 Å². The van der Waals surface area contributed by atoms with Crippen LogP contribution < -0.4 is 5.32 Å². The minimum absolute atomic E-state index is 0.461. The average Bonchev–Trinajstić information content (AvgIpc) is 3.24. The van der Waals surface area contributed by atoms with Gasteiger partial charge in [0.15, 0.2) is 5.82 Å². The molecule has 0 spiro atoms. The fraction of sp³-hybridized carbons (Fsp3) is 0.316. The number of allylic oxidation sites excluding steroid dienone is 2. The lowest BCUT2D eigenvalue weighted by molar-refractivity contribution is 0.676. The molecule has 0 unspecified atom stereocenters. The van der Waals surface area contributed by atoms with Crippen LogP contribution in [-0.4, -0.2) is 31.4 Å². The lowest BCUT2D eigenvalue weighted by Crippen LogP contribution is -2.03. The Labute approximate surface area is 147 Å². The van der Waals surface area contributed by atoms with Gasteiger partial charge in [0.05, 0.1) is 0 Å². The van der Waals surface area contributed by atoms with E-state index in [1.54, 1.807) is 0 Å². The van der Waals surface area contributed by atoms with Crippen molar-refractivity contribution >= 4 is 23.1 Å². The summed E-state index contributed by atoms with van der Waals surface area (Å²) >= 11 is 0. The summed E-state index contributed by atoms with van der Waals surface area (Å²) in [5.74, 6) is 1.97. The first-order valence-corrected chi connectivity index (χ1v) is 8.49. The van der Waals surface area contributed by atoms with Gasteiger partial charge in [-0.25, -0.2) is 14.2 Å². The molecule has 0 saturated carbocycles. The highest BCUT2D eigenvalue weighted by atomic mass is 15.3. The Morgan fingerprint density at radius 1 is 1.40 bits per heavy atom. The van der Waals surface area contributed by atoms with E-state index in [1.807, 2.05) is 53.9 Å². The zero-order chi connectivity index (χ0) is 18.0. The minimum Gasteiger partial charge on any atom is -0.371 e. The second kappa shape index (κ2) is 6.93. The van der Waals surface area contributed by atoms with Gasteiger partial charge >= 0.3 is 0 Å². The van der Waals surface area contributed by atoms with Gasteiger partial charge in [-0.1, -0.05) is 20.4 Å². The third-order valence-electron chi connectivity index (χ3n) is 4.43. The molecule has 3 heterocycles. The molecule has 0 aliphatic carbocycles. The summed E-state index contributed by atoms with van der Waals surface area (Å²) in [4.78, 5) is 4.47. The molecule has 0 aliphatic heterocycles. The van der Waals surface area contributed by atoms with E-state index in [0.29, 0.717) is 5.92 Å². The Morgan fingerprint density at radius 3 is 2.92 bits per heavy atom. The number of rotatable bonds is 6. The monoisotopic (exact) mass is 336 g/mol. The smallest absolute Gasteiger partial charge is 0.154 e. The quantitative estimate of drug-likeness (QED) is 0.692. The first kappa shape index (κ1) is 17.0. The molecule has 0 bridgehead atoms. The summed E-state index contributed by atoms with van der Waals surface area (Å²) in [6, 6.07) is 4.07. The molecular formula is C19H24N6. The van der Waals surface area contributed by atoms with Crippen molar-refractivity contribution < 1.29 is 0 Å². The Bertz CT molecular complexity index is 931. The summed E-state index contributed by atoms with van der Waals surface area (Å²) in [6.45, 7) is 10.5. The number of nitrogens with one attached hydrogen (secondary N) is 1. The van der Waals surface area contributed by atoms with E-state index < -0.39 is 0 Å². The van der Waals surface area contributed by atoms with Gasteiger partial charge in [-0.2, -0.15) is 10.2 Å². The summed E-state index contributed by atoms with van der Waals surface area (Å²) in [5, 5.41) is 12.0. The van der Waals surface area contributed by atoms with E-state index >= 15 is 0 Å². The highest BCUT2D eigenvalue weighted by Crippen LogP contribution is 2.26. The van der Waals surface area contributed by atoms with Crippen molar-refractivity contribution in [3.63, 3.8) is 0 Å². The predicted molar refractivity (Wildman–Crippen MR) is 103 cm³/mol. The second-order valence-electron chi connectivity index (χ2n) is 6.13. The molecule has 0 saturated heterocycles. The SMILES string of the molecule is C=C(/C=C\n1nccc1[C@H](C)CC)c1ccn2nc(C)nc(NC)c12. The predicted octanol–water partition coefficient (Wildman–Crippen LogP) is 3.97. The third-order valence-corrected chi connectivity index (χ3v) is 4.43. The Hall–Kier alpha value is -2.89. The van der Waals surface area contributed by atoms with E-state index in [2.05, 4.69) is 47.0 Å².